The number of aliphatic hydroxyl groups is 1. The quantitative estimate of drug-likeness (QED) is 0.619. The van der Waals surface area contributed by atoms with Gasteiger partial charge < -0.3 is 25.2 Å². The van der Waals surface area contributed by atoms with Crippen molar-refractivity contribution in [3.8, 4) is 11.5 Å². The lowest BCUT2D eigenvalue weighted by Gasteiger charge is -2.26. The van der Waals surface area contributed by atoms with Crippen LogP contribution in [0.4, 0.5) is 0 Å². The number of amides is 1. The van der Waals surface area contributed by atoms with E-state index in [1.54, 1.807) is 60.7 Å². The summed E-state index contributed by atoms with van der Waals surface area (Å²) in [6.45, 7) is 0.969. The second-order valence-electron chi connectivity index (χ2n) is 5.32. The molecule has 0 fully saturated rings. The highest BCUT2D eigenvalue weighted by Gasteiger charge is 2.38. The van der Waals surface area contributed by atoms with Gasteiger partial charge in [-0.05, 0) is 31.2 Å². The van der Waals surface area contributed by atoms with E-state index in [-0.39, 0.29) is 0 Å². The Labute approximate surface area is 146 Å². The molecule has 1 amide bonds. The summed E-state index contributed by atoms with van der Waals surface area (Å²) in [6.07, 6.45) is 0. The van der Waals surface area contributed by atoms with E-state index in [9.17, 15) is 9.36 Å². The largest absolute Gasteiger partial charge is 0.452 e. The van der Waals surface area contributed by atoms with E-state index in [4.69, 9.17) is 19.9 Å². The van der Waals surface area contributed by atoms with Crippen LogP contribution in [-0.2, 0) is 9.36 Å². The maximum atomic E-state index is 13.3. The standard InChI is InChI=1S/C17H21N2O5P/c1-13(19-17(21)16(18)12-20)25(22,23-14-8-4-2-5-9-14)24-15-10-6-3-7-11-15/h2-11,13,16,20H,12,18H2,1H3,(H,19,21)/t13?,16-/m0/s1. The Balaban J connectivity index is 2.24. The molecule has 1 unspecified atom stereocenters. The molecule has 0 saturated heterocycles. The van der Waals surface area contributed by atoms with Crippen LogP contribution in [0.2, 0.25) is 0 Å². The third-order valence-corrected chi connectivity index (χ3v) is 5.32. The summed E-state index contributed by atoms with van der Waals surface area (Å²) in [7, 11) is -3.83. The van der Waals surface area contributed by atoms with Crippen molar-refractivity contribution in [3.05, 3.63) is 60.7 Å². The number of nitrogens with one attached hydrogen (secondary N) is 1. The van der Waals surface area contributed by atoms with E-state index in [1.165, 1.54) is 6.92 Å². The lowest BCUT2D eigenvalue weighted by molar-refractivity contribution is -0.123. The van der Waals surface area contributed by atoms with Gasteiger partial charge in [-0.3, -0.25) is 4.79 Å². The van der Waals surface area contributed by atoms with Crippen LogP contribution in [0.1, 0.15) is 6.92 Å². The van der Waals surface area contributed by atoms with Crippen molar-refractivity contribution in [2.24, 2.45) is 5.73 Å². The van der Waals surface area contributed by atoms with E-state index in [2.05, 4.69) is 5.32 Å². The van der Waals surface area contributed by atoms with E-state index in [1.807, 2.05) is 0 Å². The Hall–Kier alpha value is -2.34. The van der Waals surface area contributed by atoms with Gasteiger partial charge in [-0.15, -0.1) is 0 Å². The fraction of sp³-hybridized carbons (Fsp3) is 0.235. The van der Waals surface area contributed by atoms with Crippen LogP contribution in [0.3, 0.4) is 0 Å². The predicted octanol–water partition coefficient (Wildman–Crippen LogP) is 2.12. The van der Waals surface area contributed by atoms with Gasteiger partial charge in [-0.25, -0.2) is 4.57 Å². The highest BCUT2D eigenvalue weighted by Crippen LogP contribution is 2.51. The zero-order valence-electron chi connectivity index (χ0n) is 13.7. The van der Waals surface area contributed by atoms with Crippen molar-refractivity contribution in [3.63, 3.8) is 0 Å². The second kappa shape index (κ2) is 8.67. The van der Waals surface area contributed by atoms with E-state index in [0.717, 1.165) is 0 Å². The van der Waals surface area contributed by atoms with E-state index < -0.39 is 31.9 Å². The Morgan fingerprint density at radius 2 is 1.52 bits per heavy atom. The lowest BCUT2D eigenvalue weighted by atomic mass is 10.3. The molecular formula is C17H21N2O5P. The lowest BCUT2D eigenvalue weighted by Crippen LogP contribution is -2.46. The number of benzene rings is 2. The monoisotopic (exact) mass is 364 g/mol. The van der Waals surface area contributed by atoms with Crippen molar-refractivity contribution in [2.45, 2.75) is 18.7 Å². The Kier molecular flexibility index (Phi) is 6.58. The fourth-order valence-electron chi connectivity index (χ4n) is 1.91. The van der Waals surface area contributed by atoms with Gasteiger partial charge in [0.05, 0.1) is 6.61 Å². The maximum absolute atomic E-state index is 13.3. The molecule has 2 aromatic rings. The number of carbonyl (C=O) groups excluding carboxylic acids is 1. The number of nitrogens with two attached hydrogens (primary N) is 1. The van der Waals surface area contributed by atoms with Gasteiger partial charge in [0, 0.05) is 0 Å². The zero-order chi connectivity index (χ0) is 18.3. The van der Waals surface area contributed by atoms with E-state index >= 15 is 0 Å². The van der Waals surface area contributed by atoms with Crippen molar-refractivity contribution in [1.29, 1.82) is 0 Å². The Bertz CT molecular complexity index is 681. The van der Waals surface area contributed by atoms with Gasteiger partial charge in [0.15, 0.2) is 5.78 Å². The summed E-state index contributed by atoms with van der Waals surface area (Å²) in [6, 6.07) is 15.9. The van der Waals surface area contributed by atoms with E-state index in [0.29, 0.717) is 11.5 Å². The van der Waals surface area contributed by atoms with Crippen molar-refractivity contribution >= 4 is 13.5 Å². The third kappa shape index (κ3) is 5.32. The number of aliphatic hydroxyl groups excluding tert-OH is 1. The molecule has 0 bridgehead atoms. The summed E-state index contributed by atoms with van der Waals surface area (Å²) in [5.74, 6) is -0.954. The van der Waals surface area contributed by atoms with Crippen LogP contribution in [0.25, 0.3) is 0 Å². The maximum Gasteiger partial charge on any atom is 0.452 e. The summed E-state index contributed by atoms with van der Waals surface area (Å²) in [5, 5.41) is 11.4. The van der Waals surface area contributed by atoms with Crippen LogP contribution in [-0.4, -0.2) is 29.4 Å². The molecule has 25 heavy (non-hydrogen) atoms. The van der Waals surface area contributed by atoms with Crippen LogP contribution < -0.4 is 20.1 Å². The number of hydrogen-bond donors (Lipinski definition) is 3. The third-order valence-electron chi connectivity index (χ3n) is 3.31. The minimum absolute atomic E-state index is 0.342. The number of rotatable bonds is 8. The molecule has 4 N–H and O–H groups in total. The first kappa shape index (κ1) is 19.0. The van der Waals surface area contributed by atoms with Gasteiger partial charge in [0.25, 0.3) is 0 Å². The van der Waals surface area contributed by atoms with Gasteiger partial charge >= 0.3 is 7.60 Å². The first-order valence-electron chi connectivity index (χ1n) is 7.70. The highest BCUT2D eigenvalue weighted by molar-refractivity contribution is 7.55. The predicted molar refractivity (Wildman–Crippen MR) is 94.4 cm³/mol. The molecule has 2 atom stereocenters. The second-order valence-corrected chi connectivity index (χ2v) is 7.54. The van der Waals surface area contributed by atoms with Crippen LogP contribution >= 0.6 is 7.60 Å². The molecule has 2 rings (SSSR count). The molecule has 7 nitrogen and oxygen atoms in total. The zero-order valence-corrected chi connectivity index (χ0v) is 14.6. The first-order chi connectivity index (χ1) is 11.9. The summed E-state index contributed by atoms with van der Waals surface area (Å²) < 4.78 is 24.5. The molecule has 134 valence electrons. The Morgan fingerprint density at radius 3 is 1.92 bits per heavy atom. The topological polar surface area (TPSA) is 111 Å². The fourth-order valence-corrected chi connectivity index (χ4v) is 3.38. The molecule has 0 aliphatic heterocycles. The van der Waals surface area contributed by atoms with Crippen LogP contribution in [0, 0.1) is 0 Å². The van der Waals surface area contributed by atoms with Gasteiger partial charge in [0.1, 0.15) is 17.5 Å². The molecule has 0 heterocycles. The minimum atomic E-state index is -3.83. The molecular weight excluding hydrogens is 343 g/mol. The van der Waals surface area contributed by atoms with Gasteiger partial charge in [-0.2, -0.15) is 0 Å². The molecule has 0 saturated carbocycles. The average Bonchev–Trinajstić information content (AvgIpc) is 2.62. The molecule has 0 aliphatic carbocycles. The van der Waals surface area contributed by atoms with Crippen LogP contribution in [0.15, 0.2) is 60.7 Å². The van der Waals surface area contributed by atoms with Crippen molar-refractivity contribution in [1.82, 2.24) is 5.32 Å². The van der Waals surface area contributed by atoms with Crippen molar-refractivity contribution < 1.29 is 23.5 Å². The van der Waals surface area contributed by atoms with Gasteiger partial charge in [-0.1, -0.05) is 36.4 Å². The van der Waals surface area contributed by atoms with Crippen molar-refractivity contribution in [2.75, 3.05) is 6.61 Å². The molecule has 0 spiro atoms. The number of carbonyl (C=O) groups is 1. The first-order valence-corrected chi connectivity index (χ1v) is 9.31. The Morgan fingerprint density at radius 1 is 1.08 bits per heavy atom. The summed E-state index contributed by atoms with van der Waals surface area (Å²) in [5.41, 5.74) is 5.48. The smallest absolute Gasteiger partial charge is 0.415 e. The number of para-hydroxylation sites is 2. The molecule has 2 aromatic carbocycles. The SMILES string of the molecule is CC(NC(=O)[C@@H](N)CO)P(=O)(Oc1ccccc1)Oc1ccccc1. The summed E-state index contributed by atoms with van der Waals surface area (Å²) >= 11 is 0. The molecule has 0 radical (unpaired) electrons. The minimum Gasteiger partial charge on any atom is -0.415 e. The normalized spacial score (nSPS) is 13.6. The molecule has 8 heteroatoms. The molecule has 0 aliphatic rings. The molecule has 0 aromatic heterocycles. The number of hydrogen-bond acceptors (Lipinski definition) is 6. The van der Waals surface area contributed by atoms with Gasteiger partial charge in [0.2, 0.25) is 5.91 Å². The highest BCUT2D eigenvalue weighted by atomic mass is 31.2. The van der Waals surface area contributed by atoms with Crippen LogP contribution in [0.5, 0.6) is 11.5 Å². The summed E-state index contributed by atoms with van der Waals surface area (Å²) in [4.78, 5) is 11.9. The average molecular weight is 364 g/mol.